The van der Waals surface area contributed by atoms with Crippen molar-refractivity contribution >= 4 is 12.0 Å². The maximum Gasteiger partial charge on any atom is 0.244 e. The quantitative estimate of drug-likeness (QED) is 0.835. The van der Waals surface area contributed by atoms with Gasteiger partial charge in [0.25, 0.3) is 0 Å². The maximum atomic E-state index is 11.8. The fourth-order valence-corrected chi connectivity index (χ4v) is 2.61. The van der Waals surface area contributed by atoms with E-state index in [1.807, 2.05) is 30.3 Å². The first kappa shape index (κ1) is 14.6. The summed E-state index contributed by atoms with van der Waals surface area (Å²) in [6, 6.07) is 7.66. The molecule has 0 aromatic heterocycles. The summed E-state index contributed by atoms with van der Waals surface area (Å²) < 4.78 is 5.15. The largest absolute Gasteiger partial charge is 0.497 e. The third kappa shape index (κ3) is 4.72. The number of ether oxygens (including phenoxy) is 1. The summed E-state index contributed by atoms with van der Waals surface area (Å²) in [5, 5.41) is 2.99. The highest BCUT2D eigenvalue weighted by Gasteiger charge is 2.13. The van der Waals surface area contributed by atoms with E-state index in [1.54, 1.807) is 13.2 Å². The second kappa shape index (κ2) is 7.73. The van der Waals surface area contributed by atoms with Gasteiger partial charge >= 0.3 is 0 Å². The third-order valence-corrected chi connectivity index (χ3v) is 3.81. The van der Waals surface area contributed by atoms with Gasteiger partial charge in [-0.25, -0.2) is 0 Å². The lowest BCUT2D eigenvalue weighted by molar-refractivity contribution is -0.116. The summed E-state index contributed by atoms with van der Waals surface area (Å²) in [6.07, 6.45) is 9.87. The number of hydrogen-bond donors (Lipinski definition) is 1. The van der Waals surface area contributed by atoms with Gasteiger partial charge in [0.2, 0.25) is 5.91 Å². The van der Waals surface area contributed by atoms with Crippen LogP contribution in [0.15, 0.2) is 30.3 Å². The Morgan fingerprint density at radius 2 is 2.15 bits per heavy atom. The number of nitrogens with one attached hydrogen (secondary N) is 1. The first-order valence-electron chi connectivity index (χ1n) is 7.38. The van der Waals surface area contributed by atoms with E-state index in [-0.39, 0.29) is 5.91 Å². The smallest absolute Gasteiger partial charge is 0.244 e. The lowest BCUT2D eigenvalue weighted by Gasteiger charge is -2.21. The molecule has 0 spiro atoms. The zero-order valence-electron chi connectivity index (χ0n) is 12.1. The van der Waals surface area contributed by atoms with Gasteiger partial charge in [-0.15, -0.1) is 0 Å². The predicted molar refractivity (Wildman–Crippen MR) is 81.6 cm³/mol. The molecule has 20 heavy (non-hydrogen) atoms. The number of hydrogen-bond acceptors (Lipinski definition) is 2. The van der Waals surface area contributed by atoms with Crippen LogP contribution < -0.4 is 10.1 Å². The van der Waals surface area contributed by atoms with Gasteiger partial charge in [-0.05, 0) is 42.5 Å². The zero-order valence-corrected chi connectivity index (χ0v) is 12.1. The predicted octanol–water partition coefficient (Wildman–Crippen LogP) is 3.40. The summed E-state index contributed by atoms with van der Waals surface area (Å²) in [5.74, 6) is 1.45. The van der Waals surface area contributed by atoms with E-state index < -0.39 is 0 Å². The van der Waals surface area contributed by atoms with Gasteiger partial charge in [0.15, 0.2) is 0 Å². The molecule has 1 fully saturated rings. The lowest BCUT2D eigenvalue weighted by Crippen LogP contribution is -2.28. The second-order valence-corrected chi connectivity index (χ2v) is 5.36. The van der Waals surface area contributed by atoms with Gasteiger partial charge in [-0.3, -0.25) is 4.79 Å². The van der Waals surface area contributed by atoms with Crippen LogP contribution in [0.2, 0.25) is 0 Å². The molecule has 0 bridgehead atoms. The molecule has 1 saturated carbocycles. The second-order valence-electron chi connectivity index (χ2n) is 5.36. The van der Waals surface area contributed by atoms with Gasteiger partial charge < -0.3 is 10.1 Å². The van der Waals surface area contributed by atoms with Crippen LogP contribution in [0.4, 0.5) is 0 Å². The molecule has 1 aromatic rings. The van der Waals surface area contributed by atoms with Crippen LogP contribution in [0, 0.1) is 5.92 Å². The van der Waals surface area contributed by atoms with Crippen molar-refractivity contribution in [2.24, 2.45) is 5.92 Å². The fraction of sp³-hybridized carbons (Fsp3) is 0.471. The van der Waals surface area contributed by atoms with Crippen LogP contribution in [-0.2, 0) is 4.79 Å². The molecule has 0 radical (unpaired) electrons. The molecule has 1 aliphatic carbocycles. The van der Waals surface area contributed by atoms with E-state index >= 15 is 0 Å². The van der Waals surface area contributed by atoms with Crippen molar-refractivity contribution in [2.45, 2.75) is 32.1 Å². The highest BCUT2D eigenvalue weighted by molar-refractivity contribution is 5.91. The lowest BCUT2D eigenvalue weighted by atomic mass is 9.89. The molecule has 1 aromatic carbocycles. The minimum Gasteiger partial charge on any atom is -0.497 e. The molecule has 1 N–H and O–H groups in total. The van der Waals surface area contributed by atoms with Crippen molar-refractivity contribution in [1.29, 1.82) is 0 Å². The SMILES string of the molecule is COc1cccc(/C=C\C(=O)NCC2CCCCC2)c1. The van der Waals surface area contributed by atoms with Crippen LogP contribution in [0.3, 0.4) is 0 Å². The third-order valence-electron chi connectivity index (χ3n) is 3.81. The van der Waals surface area contributed by atoms with Gasteiger partial charge in [-0.1, -0.05) is 31.4 Å². The van der Waals surface area contributed by atoms with E-state index in [0.717, 1.165) is 17.9 Å². The summed E-state index contributed by atoms with van der Waals surface area (Å²) in [6.45, 7) is 0.807. The number of methoxy groups -OCH3 is 1. The topological polar surface area (TPSA) is 38.3 Å². The van der Waals surface area contributed by atoms with Crippen molar-refractivity contribution in [3.63, 3.8) is 0 Å². The van der Waals surface area contributed by atoms with Crippen molar-refractivity contribution in [1.82, 2.24) is 5.32 Å². The average molecular weight is 273 g/mol. The molecule has 1 aliphatic rings. The molecule has 3 heteroatoms. The molecular formula is C17H23NO2. The van der Waals surface area contributed by atoms with Crippen molar-refractivity contribution in [3.8, 4) is 5.75 Å². The highest BCUT2D eigenvalue weighted by atomic mass is 16.5. The monoisotopic (exact) mass is 273 g/mol. The molecule has 0 atom stereocenters. The van der Waals surface area contributed by atoms with Crippen molar-refractivity contribution < 1.29 is 9.53 Å². The summed E-state index contributed by atoms with van der Waals surface area (Å²) >= 11 is 0. The number of carbonyl (C=O) groups excluding carboxylic acids is 1. The minimum absolute atomic E-state index is 0.0154. The Bertz CT molecular complexity index is 462. The Kier molecular flexibility index (Phi) is 5.66. The molecule has 0 unspecified atom stereocenters. The standard InChI is InChI=1S/C17H23NO2/c1-20-16-9-5-8-14(12-16)10-11-17(19)18-13-15-6-3-2-4-7-15/h5,8-12,15H,2-4,6-7,13H2,1H3,(H,18,19)/b11-10-. The fourth-order valence-electron chi connectivity index (χ4n) is 2.61. The number of carbonyl (C=O) groups is 1. The first-order valence-corrected chi connectivity index (χ1v) is 7.38. The molecule has 2 rings (SSSR count). The highest BCUT2D eigenvalue weighted by Crippen LogP contribution is 2.22. The molecule has 0 aliphatic heterocycles. The van der Waals surface area contributed by atoms with Crippen LogP contribution in [0.25, 0.3) is 6.08 Å². The van der Waals surface area contributed by atoms with Gasteiger partial charge in [0, 0.05) is 12.6 Å². The van der Waals surface area contributed by atoms with Crippen LogP contribution >= 0.6 is 0 Å². The Hall–Kier alpha value is -1.77. The molecule has 108 valence electrons. The van der Waals surface area contributed by atoms with Crippen molar-refractivity contribution in [3.05, 3.63) is 35.9 Å². The van der Waals surface area contributed by atoms with Crippen molar-refractivity contribution in [2.75, 3.05) is 13.7 Å². The molecule has 0 saturated heterocycles. The zero-order chi connectivity index (χ0) is 14.2. The molecular weight excluding hydrogens is 250 g/mol. The number of rotatable bonds is 5. The van der Waals surface area contributed by atoms with Gasteiger partial charge in [-0.2, -0.15) is 0 Å². The Morgan fingerprint density at radius 3 is 2.90 bits per heavy atom. The van der Waals surface area contributed by atoms with E-state index in [0.29, 0.717) is 5.92 Å². The van der Waals surface area contributed by atoms with E-state index in [2.05, 4.69) is 5.32 Å². The van der Waals surface area contributed by atoms with E-state index in [9.17, 15) is 4.79 Å². The average Bonchev–Trinajstić information content (AvgIpc) is 2.52. The van der Waals surface area contributed by atoms with Gasteiger partial charge in [0.05, 0.1) is 7.11 Å². The van der Waals surface area contributed by atoms with E-state index in [4.69, 9.17) is 4.74 Å². The summed E-state index contributed by atoms with van der Waals surface area (Å²) in [7, 11) is 1.64. The molecule has 3 nitrogen and oxygen atoms in total. The number of amides is 1. The van der Waals surface area contributed by atoms with Crippen LogP contribution in [0.5, 0.6) is 5.75 Å². The Balaban J connectivity index is 1.79. The van der Waals surface area contributed by atoms with Gasteiger partial charge in [0.1, 0.15) is 5.75 Å². The molecule has 1 amide bonds. The molecule has 0 heterocycles. The first-order chi connectivity index (χ1) is 9.78. The van der Waals surface area contributed by atoms with Crippen LogP contribution in [-0.4, -0.2) is 19.6 Å². The van der Waals surface area contributed by atoms with Crippen LogP contribution in [0.1, 0.15) is 37.7 Å². The minimum atomic E-state index is -0.0154. The number of benzene rings is 1. The maximum absolute atomic E-state index is 11.8. The Labute approximate surface area is 121 Å². The Morgan fingerprint density at radius 1 is 1.35 bits per heavy atom. The normalized spacial score (nSPS) is 16.2. The summed E-state index contributed by atoms with van der Waals surface area (Å²) in [4.78, 5) is 11.8. The summed E-state index contributed by atoms with van der Waals surface area (Å²) in [5.41, 5.74) is 0.970. The van der Waals surface area contributed by atoms with E-state index in [1.165, 1.54) is 32.1 Å².